The van der Waals surface area contributed by atoms with Crippen LogP contribution in [0, 0.1) is 5.92 Å². The third-order valence-corrected chi connectivity index (χ3v) is 7.75. The van der Waals surface area contributed by atoms with Gasteiger partial charge in [-0.3, -0.25) is 4.79 Å². The summed E-state index contributed by atoms with van der Waals surface area (Å²) in [5.74, 6) is 0.621. The van der Waals surface area contributed by atoms with E-state index in [2.05, 4.69) is 10.4 Å². The third-order valence-electron chi connectivity index (χ3n) is 5.86. The van der Waals surface area contributed by atoms with E-state index in [-0.39, 0.29) is 29.8 Å². The molecule has 0 atom stereocenters. The number of amides is 1. The fourth-order valence-corrected chi connectivity index (χ4v) is 5.57. The van der Waals surface area contributed by atoms with Gasteiger partial charge in [0, 0.05) is 43.2 Å². The molecule has 0 radical (unpaired) electrons. The molecular formula is C23H24N4O5S. The SMILES string of the molecule is O=C(Nc1cccc(-n2cccn2)c1)C1CCN(S(=O)(=O)c2ccc3c(c2)OCCO3)CC1. The third kappa shape index (κ3) is 4.44. The minimum Gasteiger partial charge on any atom is -0.486 e. The zero-order chi connectivity index (χ0) is 22.8. The zero-order valence-corrected chi connectivity index (χ0v) is 18.7. The molecule has 3 heterocycles. The van der Waals surface area contributed by atoms with Gasteiger partial charge in [-0.05, 0) is 49.2 Å². The van der Waals surface area contributed by atoms with Crippen molar-refractivity contribution in [3.8, 4) is 17.2 Å². The van der Waals surface area contributed by atoms with Crippen LogP contribution in [-0.4, -0.2) is 54.7 Å². The second-order valence-electron chi connectivity index (χ2n) is 7.97. The summed E-state index contributed by atoms with van der Waals surface area (Å²) in [4.78, 5) is 13.0. The van der Waals surface area contributed by atoms with E-state index in [1.165, 1.54) is 16.4 Å². The van der Waals surface area contributed by atoms with Crippen LogP contribution < -0.4 is 14.8 Å². The first-order chi connectivity index (χ1) is 16.0. The summed E-state index contributed by atoms with van der Waals surface area (Å²) in [5.41, 5.74) is 1.53. The number of nitrogens with zero attached hydrogens (tertiary/aromatic N) is 3. The van der Waals surface area contributed by atoms with Crippen molar-refractivity contribution < 1.29 is 22.7 Å². The molecule has 33 heavy (non-hydrogen) atoms. The van der Waals surface area contributed by atoms with Gasteiger partial charge in [0.15, 0.2) is 11.5 Å². The number of benzene rings is 2. The first-order valence-electron chi connectivity index (χ1n) is 10.8. The number of carbonyl (C=O) groups excluding carboxylic acids is 1. The normalized spacial score (nSPS) is 17.0. The van der Waals surface area contributed by atoms with Crippen molar-refractivity contribution in [3.05, 3.63) is 60.9 Å². The van der Waals surface area contributed by atoms with Gasteiger partial charge in [-0.25, -0.2) is 13.1 Å². The number of hydrogen-bond donors (Lipinski definition) is 1. The van der Waals surface area contributed by atoms with Gasteiger partial charge in [-0.1, -0.05) is 6.07 Å². The maximum absolute atomic E-state index is 13.1. The van der Waals surface area contributed by atoms with Crippen molar-refractivity contribution in [1.82, 2.24) is 14.1 Å². The molecule has 9 nitrogen and oxygen atoms in total. The molecule has 2 aliphatic heterocycles. The minimum atomic E-state index is -3.68. The van der Waals surface area contributed by atoms with Crippen molar-refractivity contribution in [2.75, 3.05) is 31.6 Å². The molecule has 3 aromatic rings. The molecule has 0 unspecified atom stereocenters. The summed E-state index contributed by atoms with van der Waals surface area (Å²) < 4.78 is 40.4. The quantitative estimate of drug-likeness (QED) is 0.618. The number of rotatable bonds is 5. The van der Waals surface area contributed by atoms with Crippen LogP contribution in [0.2, 0.25) is 0 Å². The molecule has 0 spiro atoms. The molecular weight excluding hydrogens is 444 g/mol. The second kappa shape index (κ2) is 8.87. The molecule has 0 saturated carbocycles. The molecule has 1 amide bonds. The number of piperidine rings is 1. The average Bonchev–Trinajstić information content (AvgIpc) is 3.39. The van der Waals surface area contributed by atoms with E-state index >= 15 is 0 Å². The summed E-state index contributed by atoms with van der Waals surface area (Å²) in [7, 11) is -3.68. The average molecular weight is 469 g/mol. The Labute approximate surface area is 192 Å². The Bertz CT molecular complexity index is 1250. The molecule has 172 valence electrons. The molecule has 0 bridgehead atoms. The number of anilines is 1. The van der Waals surface area contributed by atoms with Crippen molar-refractivity contribution in [3.63, 3.8) is 0 Å². The van der Waals surface area contributed by atoms with E-state index in [1.807, 2.05) is 36.5 Å². The van der Waals surface area contributed by atoms with Crippen molar-refractivity contribution in [2.24, 2.45) is 5.92 Å². The van der Waals surface area contributed by atoms with Crippen molar-refractivity contribution in [1.29, 1.82) is 0 Å². The van der Waals surface area contributed by atoms with Crippen LogP contribution in [0.3, 0.4) is 0 Å². The molecule has 2 aliphatic rings. The van der Waals surface area contributed by atoms with Crippen molar-refractivity contribution in [2.45, 2.75) is 17.7 Å². The Kier molecular flexibility index (Phi) is 5.77. The van der Waals surface area contributed by atoms with Crippen LogP contribution in [0.25, 0.3) is 5.69 Å². The monoisotopic (exact) mass is 468 g/mol. The number of aromatic nitrogens is 2. The molecule has 0 aliphatic carbocycles. The first-order valence-corrected chi connectivity index (χ1v) is 12.3. The Morgan fingerprint density at radius 2 is 1.79 bits per heavy atom. The Balaban J connectivity index is 1.22. The molecule has 10 heteroatoms. The standard InChI is InChI=1S/C23H24N4O5S/c28-23(25-18-3-1-4-19(15-18)27-10-2-9-24-27)17-7-11-26(12-8-17)33(29,30)20-5-6-21-22(16-20)32-14-13-31-21/h1-6,9-10,15-17H,7-8,11-14H2,(H,25,28). The fourth-order valence-electron chi connectivity index (χ4n) is 4.08. The van der Waals surface area contributed by atoms with E-state index in [9.17, 15) is 13.2 Å². The first kappa shape index (κ1) is 21.5. The molecule has 2 aromatic carbocycles. The Hall–Kier alpha value is -3.37. The van der Waals surface area contributed by atoms with Gasteiger partial charge < -0.3 is 14.8 Å². The predicted molar refractivity (Wildman–Crippen MR) is 121 cm³/mol. The highest BCUT2D eigenvalue weighted by atomic mass is 32.2. The molecule has 1 N–H and O–H groups in total. The topological polar surface area (TPSA) is 103 Å². The van der Waals surface area contributed by atoms with E-state index < -0.39 is 10.0 Å². The number of fused-ring (bicyclic) bond motifs is 1. The summed E-state index contributed by atoms with van der Waals surface area (Å²) in [6.07, 6.45) is 4.43. The smallest absolute Gasteiger partial charge is 0.243 e. The van der Waals surface area contributed by atoms with Gasteiger partial charge in [0.05, 0.1) is 10.6 Å². The van der Waals surface area contributed by atoms with Crippen LogP contribution >= 0.6 is 0 Å². The predicted octanol–water partition coefficient (Wildman–Crippen LogP) is 2.68. The van der Waals surface area contributed by atoms with Gasteiger partial charge in [0.25, 0.3) is 0 Å². The van der Waals surface area contributed by atoms with Gasteiger partial charge in [-0.2, -0.15) is 9.40 Å². The van der Waals surface area contributed by atoms with E-state index in [0.717, 1.165) is 5.69 Å². The summed E-state index contributed by atoms with van der Waals surface area (Å²) in [5, 5.41) is 7.16. The van der Waals surface area contributed by atoms with Crippen molar-refractivity contribution >= 4 is 21.6 Å². The lowest BCUT2D eigenvalue weighted by Gasteiger charge is -2.31. The fraction of sp³-hybridized carbons (Fsp3) is 0.304. The lowest BCUT2D eigenvalue weighted by molar-refractivity contribution is -0.120. The highest BCUT2D eigenvalue weighted by Crippen LogP contribution is 2.34. The van der Waals surface area contributed by atoms with Gasteiger partial charge in [0.1, 0.15) is 13.2 Å². The molecule has 1 fully saturated rings. The summed E-state index contributed by atoms with van der Waals surface area (Å²) in [6, 6.07) is 13.9. The lowest BCUT2D eigenvalue weighted by atomic mass is 9.97. The highest BCUT2D eigenvalue weighted by Gasteiger charge is 2.33. The second-order valence-corrected chi connectivity index (χ2v) is 9.91. The van der Waals surface area contributed by atoms with Crippen LogP contribution in [0.15, 0.2) is 65.8 Å². The Morgan fingerprint density at radius 1 is 1.00 bits per heavy atom. The molecule has 1 aromatic heterocycles. The Morgan fingerprint density at radius 3 is 2.55 bits per heavy atom. The van der Waals surface area contributed by atoms with Crippen LogP contribution in [0.1, 0.15) is 12.8 Å². The number of nitrogens with one attached hydrogen (secondary N) is 1. The number of ether oxygens (including phenoxy) is 2. The van der Waals surface area contributed by atoms with Crippen LogP contribution in [0.5, 0.6) is 11.5 Å². The lowest BCUT2D eigenvalue weighted by Crippen LogP contribution is -2.41. The maximum Gasteiger partial charge on any atom is 0.243 e. The van der Waals surface area contributed by atoms with E-state index in [0.29, 0.717) is 43.2 Å². The van der Waals surface area contributed by atoms with Gasteiger partial charge in [0.2, 0.25) is 15.9 Å². The van der Waals surface area contributed by atoms with Crippen LogP contribution in [-0.2, 0) is 14.8 Å². The number of hydrogen-bond acceptors (Lipinski definition) is 6. The highest BCUT2D eigenvalue weighted by molar-refractivity contribution is 7.89. The largest absolute Gasteiger partial charge is 0.486 e. The van der Waals surface area contributed by atoms with Gasteiger partial charge >= 0.3 is 0 Å². The molecule has 1 saturated heterocycles. The molecule has 5 rings (SSSR count). The number of sulfonamides is 1. The summed E-state index contributed by atoms with van der Waals surface area (Å²) >= 11 is 0. The number of carbonyl (C=O) groups is 1. The maximum atomic E-state index is 13.1. The van der Waals surface area contributed by atoms with Crippen LogP contribution in [0.4, 0.5) is 5.69 Å². The summed E-state index contributed by atoms with van der Waals surface area (Å²) in [6.45, 7) is 1.40. The zero-order valence-electron chi connectivity index (χ0n) is 17.9. The van der Waals surface area contributed by atoms with Gasteiger partial charge in [-0.15, -0.1) is 0 Å². The minimum absolute atomic E-state index is 0.107. The van der Waals surface area contributed by atoms with E-state index in [1.54, 1.807) is 16.9 Å². The van der Waals surface area contributed by atoms with E-state index in [4.69, 9.17) is 9.47 Å².